The largest absolute Gasteiger partial charge is 0.465 e. The number of Topliss-reactive ketones (excluding diaryl/α,β-unsaturated/α-hetero) is 1. The number of esters is 1. The van der Waals surface area contributed by atoms with Crippen molar-refractivity contribution < 1.29 is 28.7 Å². The van der Waals surface area contributed by atoms with Gasteiger partial charge >= 0.3 is 5.97 Å². The molecule has 8 heteroatoms. The Labute approximate surface area is 141 Å². The average molecular weight is 343 g/mol. The Morgan fingerprint density at radius 2 is 2.21 bits per heavy atom. The van der Waals surface area contributed by atoms with E-state index in [0.717, 1.165) is 12.8 Å². The fourth-order valence-corrected chi connectivity index (χ4v) is 3.56. The van der Waals surface area contributed by atoms with E-state index in [0.29, 0.717) is 19.4 Å². The van der Waals surface area contributed by atoms with E-state index in [1.165, 1.54) is 6.92 Å². The first kappa shape index (κ1) is 18.8. The van der Waals surface area contributed by atoms with Crippen LogP contribution >= 0.6 is 0 Å². The van der Waals surface area contributed by atoms with Crippen molar-refractivity contribution in [3.8, 4) is 0 Å². The van der Waals surface area contributed by atoms with Crippen molar-refractivity contribution in [1.29, 1.82) is 0 Å². The van der Waals surface area contributed by atoms with E-state index in [1.54, 1.807) is 6.92 Å². The first-order chi connectivity index (χ1) is 11.4. The van der Waals surface area contributed by atoms with Gasteiger partial charge in [0.2, 0.25) is 0 Å². The van der Waals surface area contributed by atoms with E-state index >= 15 is 0 Å². The van der Waals surface area contributed by atoms with Crippen LogP contribution in [0.1, 0.15) is 52.4 Å². The lowest BCUT2D eigenvalue weighted by molar-refractivity contribution is -0.585. The van der Waals surface area contributed by atoms with E-state index in [2.05, 4.69) is 0 Å². The number of ether oxygens (including phenoxy) is 3. The number of hydrogen-bond acceptors (Lipinski definition) is 7. The Balaban J connectivity index is 2.28. The van der Waals surface area contributed by atoms with E-state index in [-0.39, 0.29) is 26.1 Å². The molecule has 2 rings (SSSR count). The van der Waals surface area contributed by atoms with E-state index < -0.39 is 33.9 Å². The molecule has 1 unspecified atom stereocenters. The van der Waals surface area contributed by atoms with Gasteiger partial charge in [0, 0.05) is 24.9 Å². The Kier molecular flexibility index (Phi) is 5.92. The number of ketones is 1. The maximum atomic E-state index is 12.5. The first-order valence-corrected chi connectivity index (χ1v) is 8.46. The van der Waals surface area contributed by atoms with E-state index in [1.807, 2.05) is 0 Å². The zero-order valence-corrected chi connectivity index (χ0v) is 14.2. The number of nitro groups is 1. The van der Waals surface area contributed by atoms with Gasteiger partial charge in [-0.15, -0.1) is 0 Å². The summed E-state index contributed by atoms with van der Waals surface area (Å²) in [6.07, 6.45) is 2.64. The van der Waals surface area contributed by atoms with Gasteiger partial charge < -0.3 is 14.2 Å². The van der Waals surface area contributed by atoms with Crippen molar-refractivity contribution in [1.82, 2.24) is 0 Å². The molecule has 136 valence electrons. The zero-order valence-electron chi connectivity index (χ0n) is 14.2. The molecular weight excluding hydrogens is 318 g/mol. The molecule has 1 saturated carbocycles. The van der Waals surface area contributed by atoms with Crippen LogP contribution in [-0.4, -0.2) is 48.3 Å². The molecule has 0 spiro atoms. The average Bonchev–Trinajstić information content (AvgIpc) is 2.96. The van der Waals surface area contributed by atoms with Crippen LogP contribution in [0.4, 0.5) is 0 Å². The molecule has 1 aliphatic heterocycles. The molecule has 2 aliphatic rings. The molecule has 8 nitrogen and oxygen atoms in total. The van der Waals surface area contributed by atoms with Gasteiger partial charge in [-0.2, -0.15) is 0 Å². The van der Waals surface area contributed by atoms with Crippen molar-refractivity contribution in [2.75, 3.05) is 19.8 Å². The van der Waals surface area contributed by atoms with Crippen LogP contribution in [-0.2, 0) is 23.8 Å². The number of carbonyl (C=O) groups excluding carboxylic acids is 2. The Morgan fingerprint density at radius 1 is 1.46 bits per heavy atom. The molecule has 1 saturated heterocycles. The Hall–Kier alpha value is -1.54. The summed E-state index contributed by atoms with van der Waals surface area (Å²) in [7, 11) is 0. The highest BCUT2D eigenvalue weighted by Gasteiger charge is 2.69. The standard InChI is InChI=1S/C16H25NO7/c1-3-22-14(19)16(9-6-7-12(16)18)15(2,17(20)21)11-24-13-8-4-5-10-23-13/h13H,3-11H2,1-2H3/t13?,15-,16+/m1/s1. The van der Waals surface area contributed by atoms with Crippen LogP contribution in [0.25, 0.3) is 0 Å². The van der Waals surface area contributed by atoms with Crippen molar-refractivity contribution >= 4 is 11.8 Å². The fraction of sp³-hybridized carbons (Fsp3) is 0.875. The zero-order chi connectivity index (χ0) is 17.8. The number of nitrogens with zero attached hydrogens (tertiary/aromatic N) is 1. The molecule has 0 aromatic heterocycles. The Morgan fingerprint density at radius 3 is 2.71 bits per heavy atom. The van der Waals surface area contributed by atoms with Crippen LogP contribution in [0.3, 0.4) is 0 Å². The number of carbonyl (C=O) groups is 2. The second-order valence-corrected chi connectivity index (χ2v) is 6.54. The molecule has 2 fully saturated rings. The van der Waals surface area contributed by atoms with Crippen LogP contribution in [0, 0.1) is 15.5 Å². The highest BCUT2D eigenvalue weighted by molar-refractivity contribution is 6.06. The molecule has 0 bridgehead atoms. The summed E-state index contributed by atoms with van der Waals surface area (Å²) in [5.41, 5.74) is -3.67. The minimum atomic E-state index is -1.88. The SMILES string of the molecule is CCOC(=O)[C@]1([C@@](C)(COC2CCCCO2)[N+](=O)[O-])CCCC1=O. The predicted octanol–water partition coefficient (Wildman–Crippen LogP) is 1.87. The molecule has 0 radical (unpaired) electrons. The third kappa shape index (κ3) is 3.17. The molecule has 0 amide bonds. The van der Waals surface area contributed by atoms with Crippen molar-refractivity contribution in [2.45, 2.75) is 64.2 Å². The van der Waals surface area contributed by atoms with Gasteiger partial charge in [0.1, 0.15) is 6.61 Å². The predicted molar refractivity (Wildman–Crippen MR) is 82.9 cm³/mol. The fourth-order valence-electron chi connectivity index (χ4n) is 3.56. The van der Waals surface area contributed by atoms with Crippen LogP contribution < -0.4 is 0 Å². The molecule has 0 aromatic rings. The van der Waals surface area contributed by atoms with Crippen molar-refractivity contribution in [3.63, 3.8) is 0 Å². The lowest BCUT2D eigenvalue weighted by Crippen LogP contribution is -2.62. The molecule has 0 N–H and O–H groups in total. The molecule has 1 aliphatic carbocycles. The third-order valence-corrected chi connectivity index (χ3v) is 5.07. The van der Waals surface area contributed by atoms with Crippen molar-refractivity contribution in [3.05, 3.63) is 10.1 Å². The summed E-state index contributed by atoms with van der Waals surface area (Å²) in [5.74, 6) is -1.26. The highest BCUT2D eigenvalue weighted by atomic mass is 16.7. The van der Waals surface area contributed by atoms with Crippen LogP contribution in [0.2, 0.25) is 0 Å². The second kappa shape index (κ2) is 7.57. The highest BCUT2D eigenvalue weighted by Crippen LogP contribution is 2.47. The van der Waals surface area contributed by atoms with Gasteiger partial charge in [-0.3, -0.25) is 19.7 Å². The third-order valence-electron chi connectivity index (χ3n) is 5.07. The summed E-state index contributed by atoms with van der Waals surface area (Å²) in [4.78, 5) is 36.4. The summed E-state index contributed by atoms with van der Waals surface area (Å²) in [5, 5.41) is 11.9. The Bertz CT molecular complexity index is 503. The summed E-state index contributed by atoms with van der Waals surface area (Å²) < 4.78 is 16.1. The minimum absolute atomic E-state index is 0.0637. The van der Waals surface area contributed by atoms with Crippen LogP contribution in [0.15, 0.2) is 0 Å². The molecule has 0 aromatic carbocycles. The van der Waals surface area contributed by atoms with Crippen LogP contribution in [0.5, 0.6) is 0 Å². The molecule has 24 heavy (non-hydrogen) atoms. The molecular formula is C16H25NO7. The maximum Gasteiger partial charge on any atom is 0.327 e. The lowest BCUT2D eigenvalue weighted by atomic mass is 9.68. The normalized spacial score (nSPS) is 29.9. The quantitative estimate of drug-likeness (QED) is 0.301. The van der Waals surface area contributed by atoms with Gasteiger partial charge in [-0.05, 0) is 39.0 Å². The monoisotopic (exact) mass is 343 g/mol. The van der Waals surface area contributed by atoms with E-state index in [9.17, 15) is 19.7 Å². The summed E-state index contributed by atoms with van der Waals surface area (Å²) in [6.45, 7) is 3.15. The second-order valence-electron chi connectivity index (χ2n) is 6.54. The van der Waals surface area contributed by atoms with Gasteiger partial charge in [-0.1, -0.05) is 0 Å². The molecule has 3 atom stereocenters. The minimum Gasteiger partial charge on any atom is -0.465 e. The first-order valence-electron chi connectivity index (χ1n) is 8.46. The van der Waals surface area contributed by atoms with E-state index in [4.69, 9.17) is 14.2 Å². The lowest BCUT2D eigenvalue weighted by Gasteiger charge is -2.36. The van der Waals surface area contributed by atoms with Gasteiger partial charge in [0.05, 0.1) is 6.61 Å². The molecule has 1 heterocycles. The summed E-state index contributed by atoms with van der Waals surface area (Å²) in [6, 6.07) is 0. The maximum absolute atomic E-state index is 12.5. The summed E-state index contributed by atoms with van der Waals surface area (Å²) >= 11 is 0. The number of hydrogen-bond donors (Lipinski definition) is 0. The van der Waals surface area contributed by atoms with Crippen molar-refractivity contribution in [2.24, 2.45) is 5.41 Å². The number of rotatable bonds is 7. The van der Waals surface area contributed by atoms with Gasteiger partial charge in [0.15, 0.2) is 17.5 Å². The topological polar surface area (TPSA) is 105 Å². The van der Waals surface area contributed by atoms with Gasteiger partial charge in [-0.25, -0.2) is 0 Å². The smallest absolute Gasteiger partial charge is 0.327 e. The van der Waals surface area contributed by atoms with Gasteiger partial charge in [0.25, 0.3) is 5.54 Å².